The van der Waals surface area contributed by atoms with Crippen molar-refractivity contribution in [2.24, 2.45) is 17.3 Å². The third-order valence-electron chi connectivity index (χ3n) is 9.25. The lowest BCUT2D eigenvalue weighted by atomic mass is 9.52. The molecule has 12 unspecified atom stereocenters. The molecule has 11 nitrogen and oxygen atoms in total. The highest BCUT2D eigenvalue weighted by Gasteiger charge is 2.79. The molecule has 0 bridgehead atoms. The van der Waals surface area contributed by atoms with Crippen molar-refractivity contribution >= 4 is 35.5 Å². The molecule has 42 heavy (non-hydrogen) atoms. The van der Waals surface area contributed by atoms with Gasteiger partial charge in [-0.3, -0.25) is 19.2 Å². The molecule has 2 aliphatic carbocycles. The van der Waals surface area contributed by atoms with Gasteiger partial charge in [-0.1, -0.05) is 33.4 Å². The van der Waals surface area contributed by atoms with Crippen molar-refractivity contribution in [3.8, 4) is 0 Å². The summed E-state index contributed by atoms with van der Waals surface area (Å²) in [4.78, 5) is 51.3. The number of hydrogen-bond donors (Lipinski definition) is 2. The first-order valence-corrected chi connectivity index (χ1v) is 14.9. The maximum Gasteiger partial charge on any atom is 0.312 e. The van der Waals surface area contributed by atoms with Gasteiger partial charge in [0.25, 0.3) is 0 Å². The molecule has 2 saturated heterocycles. The quantitative estimate of drug-likeness (QED) is 0.188. The minimum absolute atomic E-state index is 0.0840. The Hall–Kier alpha value is -2.47. The van der Waals surface area contributed by atoms with Crippen LogP contribution in [0.5, 0.6) is 0 Å². The number of halogens is 1. The van der Waals surface area contributed by atoms with Gasteiger partial charge in [-0.2, -0.15) is 0 Å². The van der Waals surface area contributed by atoms with E-state index in [0.29, 0.717) is 12.8 Å². The second-order valence-electron chi connectivity index (χ2n) is 12.2. The second-order valence-corrected chi connectivity index (χ2v) is 12.7. The van der Waals surface area contributed by atoms with E-state index >= 15 is 0 Å². The van der Waals surface area contributed by atoms with E-state index in [1.54, 1.807) is 19.9 Å². The molecular weight excluding hydrogens is 572 g/mol. The van der Waals surface area contributed by atoms with Crippen molar-refractivity contribution in [1.82, 2.24) is 0 Å². The number of epoxide rings is 1. The lowest BCUT2D eigenvalue weighted by Gasteiger charge is -2.57. The number of carbonyl (C=O) groups excluding carboxylic acids is 4. The van der Waals surface area contributed by atoms with Crippen molar-refractivity contribution < 1.29 is 53.1 Å². The second kappa shape index (κ2) is 11.6. The standard InChI is InChI=1S/C30H41ClO11/c1-8-10-18(33)39-17-13-12-14(3)20(31)23-30(37,15(4)27(35)42-23)26(38-16(5)32)22-28(17,6)24-21(41-24)25(29(22,7)36)40-19(34)11-9-2/h12-13,15,17,20-26,36-37H,3,8-11H2,1-2,4-7H3. The number of carbonyl (C=O) groups is 4. The molecule has 2 aliphatic heterocycles. The monoisotopic (exact) mass is 612 g/mol. The molecule has 12 atom stereocenters. The first-order valence-electron chi connectivity index (χ1n) is 14.4. The van der Waals surface area contributed by atoms with Crippen LogP contribution in [0.3, 0.4) is 0 Å². The summed E-state index contributed by atoms with van der Waals surface area (Å²) in [5.41, 5.74) is -5.50. The van der Waals surface area contributed by atoms with Crippen LogP contribution < -0.4 is 0 Å². The summed E-state index contributed by atoms with van der Waals surface area (Å²) >= 11 is 6.75. The first kappa shape index (κ1) is 32.4. The number of hydrogen-bond acceptors (Lipinski definition) is 11. The third-order valence-corrected chi connectivity index (χ3v) is 9.76. The maximum absolute atomic E-state index is 13.0. The molecule has 2 heterocycles. The van der Waals surface area contributed by atoms with Crippen molar-refractivity contribution in [1.29, 1.82) is 0 Å². The first-order chi connectivity index (χ1) is 19.6. The zero-order chi connectivity index (χ0) is 31.4. The van der Waals surface area contributed by atoms with Crippen molar-refractivity contribution in [3.05, 3.63) is 24.3 Å². The summed E-state index contributed by atoms with van der Waals surface area (Å²) in [5, 5.41) is 23.8. The predicted molar refractivity (Wildman–Crippen MR) is 148 cm³/mol. The van der Waals surface area contributed by atoms with Crippen LogP contribution in [0.4, 0.5) is 0 Å². The Balaban J connectivity index is 2.00. The summed E-state index contributed by atoms with van der Waals surface area (Å²) in [6.07, 6.45) is -2.76. The average molecular weight is 613 g/mol. The van der Waals surface area contributed by atoms with Gasteiger partial charge in [0.15, 0.2) is 17.8 Å². The zero-order valence-electron chi connectivity index (χ0n) is 24.8. The summed E-state index contributed by atoms with van der Waals surface area (Å²) < 4.78 is 29.3. The Kier molecular flexibility index (Phi) is 8.93. The molecule has 0 aromatic heterocycles. The van der Waals surface area contributed by atoms with Crippen LogP contribution in [0.25, 0.3) is 0 Å². The fourth-order valence-electron chi connectivity index (χ4n) is 7.08. The molecule has 0 aromatic rings. The van der Waals surface area contributed by atoms with E-state index in [0.717, 1.165) is 6.92 Å². The number of rotatable bonds is 7. The summed E-state index contributed by atoms with van der Waals surface area (Å²) in [6.45, 7) is 13.2. The molecule has 234 valence electrons. The van der Waals surface area contributed by atoms with Gasteiger partial charge in [0.05, 0.1) is 17.4 Å². The van der Waals surface area contributed by atoms with E-state index in [-0.39, 0.29) is 18.4 Å². The lowest BCUT2D eigenvalue weighted by Crippen LogP contribution is -2.73. The van der Waals surface area contributed by atoms with E-state index < -0.39 is 94.3 Å². The molecule has 0 amide bonds. The van der Waals surface area contributed by atoms with Gasteiger partial charge in [-0.15, -0.1) is 11.6 Å². The highest BCUT2D eigenvalue weighted by molar-refractivity contribution is 6.23. The van der Waals surface area contributed by atoms with E-state index in [2.05, 4.69) is 6.58 Å². The highest BCUT2D eigenvalue weighted by Crippen LogP contribution is 2.63. The Labute approximate surface area is 250 Å². The van der Waals surface area contributed by atoms with E-state index in [1.807, 2.05) is 6.92 Å². The molecule has 0 radical (unpaired) electrons. The number of alkyl halides is 1. The van der Waals surface area contributed by atoms with Gasteiger partial charge in [-0.25, -0.2) is 0 Å². The SMILES string of the molecule is C=C1C=CC(OC(=O)CCC)C2(C)C3OC3C(OC(=O)CCC)C(C)(O)C2C(OC(C)=O)C2(O)C(C)C(=O)OC2C1Cl. The minimum atomic E-state index is -2.29. The van der Waals surface area contributed by atoms with Crippen LogP contribution >= 0.6 is 11.6 Å². The summed E-state index contributed by atoms with van der Waals surface area (Å²) in [7, 11) is 0. The Morgan fingerprint density at radius 2 is 1.62 bits per heavy atom. The normalized spacial score (nSPS) is 44.2. The van der Waals surface area contributed by atoms with Gasteiger partial charge in [0.2, 0.25) is 0 Å². The Morgan fingerprint density at radius 1 is 1.02 bits per heavy atom. The van der Waals surface area contributed by atoms with Crippen molar-refractivity contribution in [2.45, 2.75) is 120 Å². The largest absolute Gasteiger partial charge is 0.459 e. The van der Waals surface area contributed by atoms with Gasteiger partial charge >= 0.3 is 23.9 Å². The lowest BCUT2D eigenvalue weighted by molar-refractivity contribution is -0.258. The maximum atomic E-state index is 13.0. The molecule has 2 N–H and O–H groups in total. The number of ether oxygens (including phenoxy) is 5. The van der Waals surface area contributed by atoms with Crippen LogP contribution in [0, 0.1) is 17.3 Å². The van der Waals surface area contributed by atoms with E-state index in [1.165, 1.54) is 19.9 Å². The number of allylic oxidation sites excluding steroid dienone is 1. The van der Waals surface area contributed by atoms with Crippen molar-refractivity contribution in [2.75, 3.05) is 0 Å². The van der Waals surface area contributed by atoms with Crippen molar-refractivity contribution in [3.63, 3.8) is 0 Å². The zero-order valence-corrected chi connectivity index (χ0v) is 25.6. The van der Waals surface area contributed by atoms with Gasteiger partial charge in [0, 0.05) is 31.1 Å². The third kappa shape index (κ3) is 5.16. The van der Waals surface area contributed by atoms with Crippen LogP contribution in [0.15, 0.2) is 24.3 Å². The molecule has 12 heteroatoms. The summed E-state index contributed by atoms with van der Waals surface area (Å²) in [5.74, 6) is -5.34. The fourth-order valence-corrected chi connectivity index (χ4v) is 7.40. The molecule has 0 aromatic carbocycles. The smallest absolute Gasteiger partial charge is 0.312 e. The molecule has 1 saturated carbocycles. The Bertz CT molecular complexity index is 1170. The van der Waals surface area contributed by atoms with Crippen LogP contribution in [-0.4, -0.2) is 87.3 Å². The molecule has 3 fully saturated rings. The highest BCUT2D eigenvalue weighted by atomic mass is 35.5. The van der Waals surface area contributed by atoms with Gasteiger partial charge in [-0.05, 0) is 38.3 Å². The van der Waals surface area contributed by atoms with Crippen LogP contribution in [0.1, 0.15) is 67.2 Å². The average Bonchev–Trinajstić information content (AvgIpc) is 3.67. The topological polar surface area (TPSA) is 158 Å². The van der Waals surface area contributed by atoms with Gasteiger partial charge in [0.1, 0.15) is 23.9 Å². The molecular formula is C30H41ClO11. The van der Waals surface area contributed by atoms with Crippen LogP contribution in [0.2, 0.25) is 0 Å². The number of esters is 4. The molecule has 0 spiro atoms. The number of aliphatic hydroxyl groups is 2. The van der Waals surface area contributed by atoms with Crippen LogP contribution in [-0.2, 0) is 42.9 Å². The number of fused-ring (bicyclic) bond motifs is 4. The minimum Gasteiger partial charge on any atom is -0.459 e. The molecule has 4 rings (SSSR count). The van der Waals surface area contributed by atoms with E-state index in [9.17, 15) is 29.4 Å². The van der Waals surface area contributed by atoms with Gasteiger partial charge < -0.3 is 33.9 Å². The predicted octanol–water partition coefficient (Wildman–Crippen LogP) is 2.52. The molecule has 4 aliphatic rings. The Morgan fingerprint density at radius 3 is 2.19 bits per heavy atom. The summed E-state index contributed by atoms with van der Waals surface area (Å²) in [6, 6.07) is 0. The van der Waals surface area contributed by atoms with E-state index in [4.69, 9.17) is 35.3 Å². The fraction of sp³-hybridized carbons (Fsp3) is 0.733.